The van der Waals surface area contributed by atoms with Crippen LogP contribution in [0.4, 0.5) is 4.39 Å². The molecule has 0 aromatic heterocycles. The van der Waals surface area contributed by atoms with Crippen LogP contribution in [-0.2, 0) is 0 Å². The van der Waals surface area contributed by atoms with E-state index in [-0.39, 0.29) is 11.4 Å². The van der Waals surface area contributed by atoms with E-state index in [0.717, 1.165) is 24.8 Å². The second-order valence-electron chi connectivity index (χ2n) is 5.05. The monoisotopic (exact) mass is 222 g/mol. The highest BCUT2D eigenvalue weighted by atomic mass is 19.1. The van der Waals surface area contributed by atoms with Crippen molar-refractivity contribution in [3.05, 3.63) is 29.6 Å². The molecule has 2 rings (SSSR count). The van der Waals surface area contributed by atoms with Crippen LogP contribution in [0.5, 0.6) is 5.75 Å². The molecule has 0 N–H and O–H groups in total. The zero-order valence-electron chi connectivity index (χ0n) is 10.2. The minimum absolute atomic E-state index is 0.112. The Kier molecular flexibility index (Phi) is 2.92. The molecule has 1 nitrogen and oxygen atoms in total. The third-order valence-electron chi connectivity index (χ3n) is 3.45. The average Bonchev–Trinajstić information content (AvgIpc) is 2.98. The van der Waals surface area contributed by atoms with Gasteiger partial charge in [0, 0.05) is 0 Å². The van der Waals surface area contributed by atoms with Gasteiger partial charge in [-0.3, -0.25) is 0 Å². The van der Waals surface area contributed by atoms with Crippen LogP contribution in [0.15, 0.2) is 18.2 Å². The van der Waals surface area contributed by atoms with E-state index >= 15 is 0 Å². The van der Waals surface area contributed by atoms with E-state index in [9.17, 15) is 4.39 Å². The number of ether oxygens (including phenoxy) is 1. The fourth-order valence-corrected chi connectivity index (χ4v) is 1.69. The Morgan fingerprint density at radius 2 is 2.12 bits per heavy atom. The molecule has 0 saturated heterocycles. The highest BCUT2D eigenvalue weighted by molar-refractivity contribution is 5.32. The lowest BCUT2D eigenvalue weighted by Gasteiger charge is -2.15. The quantitative estimate of drug-likeness (QED) is 0.739. The molecule has 88 valence electrons. The Bertz CT molecular complexity index is 382. The van der Waals surface area contributed by atoms with Gasteiger partial charge < -0.3 is 4.74 Å². The smallest absolute Gasteiger partial charge is 0.165 e. The highest BCUT2D eigenvalue weighted by Gasteiger charge is 2.40. The van der Waals surface area contributed by atoms with E-state index in [0.29, 0.717) is 11.7 Å². The predicted molar refractivity (Wildman–Crippen MR) is 63.4 cm³/mol. The van der Waals surface area contributed by atoms with E-state index < -0.39 is 0 Å². The molecule has 1 saturated carbocycles. The Labute approximate surface area is 96.6 Å². The van der Waals surface area contributed by atoms with Crippen molar-refractivity contribution in [3.8, 4) is 5.75 Å². The van der Waals surface area contributed by atoms with E-state index in [2.05, 4.69) is 13.8 Å². The van der Waals surface area contributed by atoms with Crippen molar-refractivity contribution in [2.45, 2.75) is 51.6 Å². The van der Waals surface area contributed by atoms with E-state index in [1.165, 1.54) is 0 Å². The number of hydrogen-bond donors (Lipinski definition) is 0. The van der Waals surface area contributed by atoms with Gasteiger partial charge in [0.05, 0.1) is 0 Å². The minimum Gasteiger partial charge on any atom is -0.485 e. The van der Waals surface area contributed by atoms with Crippen molar-refractivity contribution >= 4 is 0 Å². The van der Waals surface area contributed by atoms with Crippen LogP contribution in [0.25, 0.3) is 0 Å². The van der Waals surface area contributed by atoms with Crippen LogP contribution in [0.2, 0.25) is 0 Å². The first-order chi connectivity index (χ1) is 7.54. The number of benzene rings is 1. The van der Waals surface area contributed by atoms with Gasteiger partial charge in [-0.25, -0.2) is 4.39 Å². The summed E-state index contributed by atoms with van der Waals surface area (Å²) in [5, 5.41) is 0. The lowest BCUT2D eigenvalue weighted by molar-refractivity contribution is 0.191. The van der Waals surface area contributed by atoms with Crippen molar-refractivity contribution in [3.63, 3.8) is 0 Å². The van der Waals surface area contributed by atoms with Gasteiger partial charge in [-0.2, -0.15) is 0 Å². The topological polar surface area (TPSA) is 9.23 Å². The molecule has 16 heavy (non-hydrogen) atoms. The molecule has 0 heterocycles. The lowest BCUT2D eigenvalue weighted by atomic mass is 9.98. The molecule has 1 aliphatic carbocycles. The maximum absolute atomic E-state index is 13.8. The zero-order chi connectivity index (χ0) is 11.8. The Morgan fingerprint density at radius 3 is 2.62 bits per heavy atom. The molecular formula is C14H19FO. The Hall–Kier alpha value is -1.05. The van der Waals surface area contributed by atoms with Gasteiger partial charge in [-0.15, -0.1) is 0 Å². The molecule has 1 aromatic rings. The van der Waals surface area contributed by atoms with Crippen molar-refractivity contribution in [2.75, 3.05) is 0 Å². The van der Waals surface area contributed by atoms with Crippen LogP contribution >= 0.6 is 0 Å². The van der Waals surface area contributed by atoms with E-state index in [1.807, 2.05) is 13.0 Å². The summed E-state index contributed by atoms with van der Waals surface area (Å²) >= 11 is 0. The molecule has 1 atom stereocenters. The summed E-state index contributed by atoms with van der Waals surface area (Å²) in [5.74, 6) is 0.568. The van der Waals surface area contributed by atoms with Crippen molar-refractivity contribution in [1.82, 2.24) is 0 Å². The summed E-state index contributed by atoms with van der Waals surface area (Å²) in [6.45, 7) is 6.24. The molecule has 2 heteroatoms. The predicted octanol–water partition coefficient (Wildman–Crippen LogP) is 4.27. The van der Waals surface area contributed by atoms with Gasteiger partial charge in [-0.05, 0) is 49.8 Å². The number of rotatable bonds is 4. The summed E-state index contributed by atoms with van der Waals surface area (Å²) in [7, 11) is 0. The maximum Gasteiger partial charge on any atom is 0.165 e. The van der Waals surface area contributed by atoms with Crippen LogP contribution in [0.1, 0.15) is 51.5 Å². The van der Waals surface area contributed by atoms with Crippen molar-refractivity contribution in [2.24, 2.45) is 0 Å². The first-order valence-electron chi connectivity index (χ1n) is 6.02. The SMILES string of the molecule is CCC(C)c1ccc(OC2(C)CC2)c(F)c1. The molecule has 1 aliphatic rings. The summed E-state index contributed by atoms with van der Waals surface area (Å²) in [5.41, 5.74) is 0.937. The van der Waals surface area contributed by atoms with E-state index in [1.54, 1.807) is 12.1 Å². The fraction of sp³-hybridized carbons (Fsp3) is 0.571. The standard InChI is InChI=1S/C14H19FO/c1-4-10(2)11-5-6-13(12(15)9-11)16-14(3)7-8-14/h5-6,9-10H,4,7-8H2,1-3H3. The molecule has 0 amide bonds. The van der Waals surface area contributed by atoms with Gasteiger partial charge in [-0.1, -0.05) is 19.9 Å². The Morgan fingerprint density at radius 1 is 1.44 bits per heavy atom. The fourth-order valence-electron chi connectivity index (χ4n) is 1.69. The summed E-state index contributed by atoms with van der Waals surface area (Å²) < 4.78 is 19.4. The molecule has 1 fully saturated rings. The molecule has 0 spiro atoms. The third kappa shape index (κ3) is 2.37. The molecule has 0 aliphatic heterocycles. The average molecular weight is 222 g/mol. The summed E-state index contributed by atoms with van der Waals surface area (Å²) in [6, 6.07) is 5.34. The van der Waals surface area contributed by atoms with Crippen molar-refractivity contribution < 1.29 is 9.13 Å². The van der Waals surface area contributed by atoms with Crippen LogP contribution in [0.3, 0.4) is 0 Å². The largest absolute Gasteiger partial charge is 0.485 e. The first-order valence-corrected chi connectivity index (χ1v) is 6.02. The Balaban J connectivity index is 2.16. The van der Waals surface area contributed by atoms with Gasteiger partial charge >= 0.3 is 0 Å². The van der Waals surface area contributed by atoms with Crippen LogP contribution < -0.4 is 4.74 Å². The van der Waals surface area contributed by atoms with E-state index in [4.69, 9.17) is 4.74 Å². The molecule has 0 radical (unpaired) electrons. The number of hydrogen-bond acceptors (Lipinski definition) is 1. The van der Waals surface area contributed by atoms with Crippen LogP contribution in [0, 0.1) is 5.82 Å². The van der Waals surface area contributed by atoms with Crippen LogP contribution in [-0.4, -0.2) is 5.60 Å². The zero-order valence-corrected chi connectivity index (χ0v) is 10.2. The molecular weight excluding hydrogens is 203 g/mol. The molecule has 1 aromatic carbocycles. The normalized spacial score (nSPS) is 19.2. The minimum atomic E-state index is -0.231. The first kappa shape index (κ1) is 11.4. The van der Waals surface area contributed by atoms with Gasteiger partial charge in [0.1, 0.15) is 5.60 Å². The highest BCUT2D eigenvalue weighted by Crippen LogP contribution is 2.40. The summed E-state index contributed by atoms with van der Waals surface area (Å²) in [6.07, 6.45) is 3.08. The maximum atomic E-state index is 13.8. The number of halogens is 1. The second kappa shape index (κ2) is 4.08. The van der Waals surface area contributed by atoms with Crippen molar-refractivity contribution in [1.29, 1.82) is 0 Å². The van der Waals surface area contributed by atoms with Gasteiger partial charge in [0.15, 0.2) is 11.6 Å². The second-order valence-corrected chi connectivity index (χ2v) is 5.05. The van der Waals surface area contributed by atoms with Gasteiger partial charge in [0.2, 0.25) is 0 Å². The molecule has 0 bridgehead atoms. The summed E-state index contributed by atoms with van der Waals surface area (Å²) in [4.78, 5) is 0. The lowest BCUT2D eigenvalue weighted by Crippen LogP contribution is -2.13. The van der Waals surface area contributed by atoms with Gasteiger partial charge in [0.25, 0.3) is 0 Å². The third-order valence-corrected chi connectivity index (χ3v) is 3.45. The molecule has 1 unspecified atom stereocenters.